The Hall–Kier alpha value is -1.72. The van der Waals surface area contributed by atoms with Gasteiger partial charge in [0.1, 0.15) is 0 Å². The van der Waals surface area contributed by atoms with Gasteiger partial charge in [-0.2, -0.15) is 0 Å². The molecule has 1 heterocycles. The number of thioether (sulfide) groups is 1. The third-order valence-corrected chi connectivity index (χ3v) is 8.50. The summed E-state index contributed by atoms with van der Waals surface area (Å²) in [7, 11) is 1.87. The lowest BCUT2D eigenvalue weighted by molar-refractivity contribution is -0.131. The lowest BCUT2D eigenvalue weighted by Crippen LogP contribution is -2.52. The first-order valence-electron chi connectivity index (χ1n) is 11.4. The van der Waals surface area contributed by atoms with Crippen molar-refractivity contribution in [1.29, 1.82) is 0 Å². The molecule has 6 heteroatoms. The first-order valence-corrected chi connectivity index (χ1v) is 12.6. The average Bonchev–Trinajstić information content (AvgIpc) is 2.79. The second-order valence-corrected chi connectivity index (χ2v) is 10.5. The lowest BCUT2D eigenvalue weighted by Gasteiger charge is -2.44. The Morgan fingerprint density at radius 3 is 2.90 bits per heavy atom. The van der Waals surface area contributed by atoms with Crippen LogP contribution in [0.4, 0.5) is 0 Å². The number of hydrogen-bond acceptors (Lipinski definition) is 3. The van der Waals surface area contributed by atoms with Gasteiger partial charge in [-0.25, -0.2) is 0 Å². The molecule has 0 aromatic heterocycles. The summed E-state index contributed by atoms with van der Waals surface area (Å²) in [4.78, 5) is 28.4. The van der Waals surface area contributed by atoms with E-state index in [9.17, 15) is 9.59 Å². The fourth-order valence-electron chi connectivity index (χ4n) is 4.89. The molecule has 2 aliphatic carbocycles. The highest BCUT2D eigenvalue weighted by Gasteiger charge is 2.42. The maximum Gasteiger partial charge on any atom is 0.260 e. The number of hydrogen-bond donors (Lipinski definition) is 1. The van der Waals surface area contributed by atoms with Gasteiger partial charge in [-0.3, -0.25) is 9.59 Å². The van der Waals surface area contributed by atoms with E-state index in [0.29, 0.717) is 10.3 Å². The second-order valence-electron chi connectivity index (χ2n) is 8.83. The Morgan fingerprint density at radius 2 is 2.13 bits per heavy atom. The molecule has 3 atom stereocenters. The molecule has 0 bridgehead atoms. The number of carbonyl (C=O) groups excluding carboxylic acids is 2. The fourth-order valence-corrected chi connectivity index (χ4v) is 6.55. The molecule has 1 N–H and O–H groups in total. The van der Waals surface area contributed by atoms with Crippen molar-refractivity contribution in [2.24, 2.45) is 5.92 Å². The van der Waals surface area contributed by atoms with E-state index in [2.05, 4.69) is 11.4 Å². The number of fused-ring (bicyclic) bond motifs is 1. The van der Waals surface area contributed by atoms with Gasteiger partial charge in [0.2, 0.25) is 5.91 Å². The molecular formula is C25H31ClN2O2S. The predicted octanol–water partition coefficient (Wildman–Crippen LogP) is 5.43. The van der Waals surface area contributed by atoms with E-state index in [1.54, 1.807) is 11.8 Å². The Balaban J connectivity index is 1.34. The van der Waals surface area contributed by atoms with Crippen LogP contribution in [-0.4, -0.2) is 41.6 Å². The molecule has 1 saturated heterocycles. The van der Waals surface area contributed by atoms with E-state index in [-0.39, 0.29) is 23.8 Å². The first kappa shape index (κ1) is 22.5. The average molecular weight is 459 g/mol. The summed E-state index contributed by atoms with van der Waals surface area (Å²) < 4.78 is 0. The number of nitrogens with zero attached hydrogens (tertiary/aromatic N) is 1. The molecule has 31 heavy (non-hydrogen) atoms. The molecule has 0 spiro atoms. The van der Waals surface area contributed by atoms with E-state index in [1.165, 1.54) is 31.3 Å². The number of likely N-dealkylation sites (N-methyl/N-ethyl adjacent to an activating group) is 1. The van der Waals surface area contributed by atoms with Crippen LogP contribution in [0.2, 0.25) is 5.02 Å². The van der Waals surface area contributed by atoms with E-state index < -0.39 is 0 Å². The van der Waals surface area contributed by atoms with Gasteiger partial charge in [-0.1, -0.05) is 41.4 Å². The van der Waals surface area contributed by atoms with Crippen LogP contribution in [0.25, 0.3) is 6.08 Å². The maximum absolute atomic E-state index is 13.0. The zero-order valence-corrected chi connectivity index (χ0v) is 19.7. The minimum Gasteiger partial charge on any atom is -0.356 e. The summed E-state index contributed by atoms with van der Waals surface area (Å²) in [6, 6.07) is 7.69. The number of amides is 2. The van der Waals surface area contributed by atoms with Crippen molar-refractivity contribution in [2.75, 3.05) is 13.6 Å². The quantitative estimate of drug-likeness (QED) is 0.472. The zero-order valence-electron chi connectivity index (χ0n) is 18.1. The van der Waals surface area contributed by atoms with E-state index in [1.807, 2.05) is 42.3 Å². The molecule has 1 aromatic carbocycles. The molecule has 2 fully saturated rings. The third-order valence-electron chi connectivity index (χ3n) is 6.75. The van der Waals surface area contributed by atoms with Crippen molar-refractivity contribution >= 4 is 41.3 Å². The van der Waals surface area contributed by atoms with E-state index >= 15 is 0 Å². The molecule has 2 amide bonds. The van der Waals surface area contributed by atoms with E-state index in [0.717, 1.165) is 42.7 Å². The molecule has 3 unspecified atom stereocenters. The van der Waals surface area contributed by atoms with Gasteiger partial charge in [0.15, 0.2) is 0 Å². The highest BCUT2D eigenvalue weighted by molar-refractivity contribution is 8.04. The van der Waals surface area contributed by atoms with Crippen LogP contribution in [-0.2, 0) is 9.59 Å². The van der Waals surface area contributed by atoms with Crippen LogP contribution < -0.4 is 5.32 Å². The van der Waals surface area contributed by atoms with Crippen LogP contribution in [0.15, 0.2) is 40.8 Å². The van der Waals surface area contributed by atoms with Crippen molar-refractivity contribution in [1.82, 2.24) is 10.2 Å². The fraction of sp³-hybridized carbons (Fsp3) is 0.520. The van der Waals surface area contributed by atoms with Gasteiger partial charge >= 0.3 is 0 Å². The van der Waals surface area contributed by atoms with Crippen molar-refractivity contribution in [2.45, 2.75) is 62.7 Å². The van der Waals surface area contributed by atoms with Crippen LogP contribution in [0.5, 0.6) is 0 Å². The van der Waals surface area contributed by atoms with Crippen LogP contribution in [0.1, 0.15) is 56.9 Å². The molecule has 1 aromatic rings. The minimum absolute atomic E-state index is 0.00784. The molecular weight excluding hydrogens is 428 g/mol. The van der Waals surface area contributed by atoms with Crippen LogP contribution >= 0.6 is 23.4 Å². The number of carbonyl (C=O) groups is 2. The van der Waals surface area contributed by atoms with Gasteiger partial charge in [-0.15, -0.1) is 11.8 Å². The normalized spacial score (nSPS) is 27.6. The van der Waals surface area contributed by atoms with Crippen molar-refractivity contribution < 1.29 is 9.59 Å². The van der Waals surface area contributed by atoms with Crippen LogP contribution in [0, 0.1) is 5.92 Å². The summed E-state index contributed by atoms with van der Waals surface area (Å²) in [6.45, 7) is 0.726. The Kier molecular flexibility index (Phi) is 7.44. The summed E-state index contributed by atoms with van der Waals surface area (Å²) in [5, 5.41) is 4.13. The number of benzene rings is 1. The molecule has 4 nitrogen and oxygen atoms in total. The third kappa shape index (κ3) is 5.38. The van der Waals surface area contributed by atoms with Gasteiger partial charge in [0.25, 0.3) is 5.91 Å². The smallest absolute Gasteiger partial charge is 0.260 e. The molecule has 0 radical (unpaired) electrons. The Morgan fingerprint density at radius 1 is 1.29 bits per heavy atom. The zero-order chi connectivity index (χ0) is 21.8. The number of nitrogens with one attached hydrogen (secondary N) is 1. The van der Waals surface area contributed by atoms with E-state index in [4.69, 9.17) is 11.6 Å². The summed E-state index contributed by atoms with van der Waals surface area (Å²) in [5.74, 6) is 0.168. The largest absolute Gasteiger partial charge is 0.356 e. The first-order chi connectivity index (χ1) is 15.0. The van der Waals surface area contributed by atoms with Gasteiger partial charge in [-0.05, 0) is 69.1 Å². The Bertz CT molecular complexity index is 897. The monoisotopic (exact) mass is 458 g/mol. The molecule has 4 rings (SSSR count). The van der Waals surface area contributed by atoms with Gasteiger partial charge in [0.05, 0.1) is 4.91 Å². The predicted molar refractivity (Wildman–Crippen MR) is 129 cm³/mol. The Labute approximate surface area is 194 Å². The number of allylic oxidation sites excluding steroid dienone is 1. The highest BCUT2D eigenvalue weighted by atomic mass is 35.5. The molecule has 166 valence electrons. The maximum atomic E-state index is 13.0. The number of halogens is 1. The van der Waals surface area contributed by atoms with Crippen molar-refractivity contribution in [3.63, 3.8) is 0 Å². The topological polar surface area (TPSA) is 49.4 Å². The van der Waals surface area contributed by atoms with Gasteiger partial charge < -0.3 is 10.2 Å². The molecule has 1 aliphatic heterocycles. The highest BCUT2D eigenvalue weighted by Crippen LogP contribution is 2.43. The lowest BCUT2D eigenvalue weighted by atomic mass is 9.83. The molecule has 3 aliphatic rings. The van der Waals surface area contributed by atoms with Crippen molar-refractivity contribution in [3.05, 3.63) is 51.4 Å². The summed E-state index contributed by atoms with van der Waals surface area (Å²) in [6.07, 6.45) is 12.7. The van der Waals surface area contributed by atoms with Gasteiger partial charge in [0, 0.05) is 35.8 Å². The second kappa shape index (κ2) is 10.3. The molecule has 1 saturated carbocycles. The summed E-state index contributed by atoms with van der Waals surface area (Å²) in [5.41, 5.74) is 2.36. The van der Waals surface area contributed by atoms with Crippen LogP contribution in [0.3, 0.4) is 0 Å². The number of rotatable bonds is 5. The summed E-state index contributed by atoms with van der Waals surface area (Å²) >= 11 is 7.94. The SMILES string of the molecule is CN1C(=O)/C(=C/c2ccccc2Cl)SC2CCC(C(=O)NCCC3=CCCCC3)CC21. The minimum atomic E-state index is -0.00784. The van der Waals surface area contributed by atoms with Crippen molar-refractivity contribution in [3.8, 4) is 0 Å². The standard InChI is InChI=1S/C25H31ClN2O2S/c1-28-21-15-19(24(29)27-14-13-17-7-3-2-4-8-17)11-12-22(21)31-23(25(28)30)16-18-9-5-6-10-20(18)26/h5-7,9-10,16,19,21-22H,2-4,8,11-15H2,1H3,(H,27,29)/b23-16-.